The zero-order chi connectivity index (χ0) is 12.0. The minimum absolute atomic E-state index is 0.561. The monoisotopic (exact) mass is 223 g/mol. The third-order valence-corrected chi connectivity index (χ3v) is 2.89. The molecule has 1 aromatic rings. The molecule has 0 spiro atoms. The lowest BCUT2D eigenvalue weighted by molar-refractivity contribution is 0.454. The van der Waals surface area contributed by atoms with E-state index in [2.05, 4.69) is 48.8 Å². The van der Waals surface area contributed by atoms with Crippen molar-refractivity contribution in [3.63, 3.8) is 0 Å². The number of rotatable bonds is 7. The molecular formula is C13H25N3. The summed E-state index contributed by atoms with van der Waals surface area (Å²) in [5, 5.41) is 3.45. The number of hydrogen-bond donors (Lipinski definition) is 1. The summed E-state index contributed by atoms with van der Waals surface area (Å²) in [5.74, 6) is 1.20. The van der Waals surface area contributed by atoms with E-state index < -0.39 is 0 Å². The van der Waals surface area contributed by atoms with Crippen molar-refractivity contribution in [2.75, 3.05) is 6.54 Å². The SMILES string of the molecule is CCc1nccn1C(C)CCCNC(C)C. The second-order valence-electron chi connectivity index (χ2n) is 4.70. The molecule has 92 valence electrons. The van der Waals surface area contributed by atoms with Crippen molar-refractivity contribution in [2.45, 2.75) is 59.0 Å². The minimum Gasteiger partial charge on any atom is -0.332 e. The molecule has 0 saturated carbocycles. The summed E-state index contributed by atoms with van der Waals surface area (Å²) in [5.41, 5.74) is 0. The molecule has 1 N–H and O–H groups in total. The first-order chi connectivity index (χ1) is 7.65. The van der Waals surface area contributed by atoms with E-state index in [1.165, 1.54) is 18.7 Å². The first-order valence-electron chi connectivity index (χ1n) is 6.40. The highest BCUT2D eigenvalue weighted by atomic mass is 15.1. The van der Waals surface area contributed by atoms with Crippen molar-refractivity contribution in [1.29, 1.82) is 0 Å². The molecule has 0 aliphatic carbocycles. The lowest BCUT2D eigenvalue weighted by atomic mass is 10.1. The van der Waals surface area contributed by atoms with Gasteiger partial charge in [0.15, 0.2) is 0 Å². The van der Waals surface area contributed by atoms with Crippen molar-refractivity contribution < 1.29 is 0 Å². The van der Waals surface area contributed by atoms with Gasteiger partial charge in [0.2, 0.25) is 0 Å². The third kappa shape index (κ3) is 3.97. The van der Waals surface area contributed by atoms with E-state index in [4.69, 9.17) is 0 Å². The van der Waals surface area contributed by atoms with Crippen LogP contribution >= 0.6 is 0 Å². The van der Waals surface area contributed by atoms with E-state index in [-0.39, 0.29) is 0 Å². The zero-order valence-corrected chi connectivity index (χ0v) is 11.0. The van der Waals surface area contributed by atoms with Crippen LogP contribution in [0.3, 0.4) is 0 Å². The molecule has 1 rings (SSSR count). The van der Waals surface area contributed by atoms with Crippen LogP contribution in [-0.2, 0) is 6.42 Å². The molecule has 3 nitrogen and oxygen atoms in total. The Morgan fingerprint density at radius 2 is 2.12 bits per heavy atom. The van der Waals surface area contributed by atoms with Crippen LogP contribution in [0.5, 0.6) is 0 Å². The number of nitrogens with one attached hydrogen (secondary N) is 1. The Balaban J connectivity index is 2.32. The average molecular weight is 223 g/mol. The fraction of sp³-hybridized carbons (Fsp3) is 0.769. The summed E-state index contributed by atoms with van der Waals surface area (Å²) in [6.07, 6.45) is 7.45. The molecule has 0 aliphatic rings. The highest BCUT2D eigenvalue weighted by Crippen LogP contribution is 2.15. The van der Waals surface area contributed by atoms with Gasteiger partial charge in [-0.3, -0.25) is 0 Å². The van der Waals surface area contributed by atoms with Crippen molar-refractivity contribution in [1.82, 2.24) is 14.9 Å². The van der Waals surface area contributed by atoms with Crippen LogP contribution in [0.4, 0.5) is 0 Å². The summed E-state index contributed by atoms with van der Waals surface area (Å²) in [6, 6.07) is 1.15. The molecule has 0 radical (unpaired) electrons. The van der Waals surface area contributed by atoms with Crippen LogP contribution < -0.4 is 5.32 Å². The molecule has 1 unspecified atom stereocenters. The van der Waals surface area contributed by atoms with Gasteiger partial charge < -0.3 is 9.88 Å². The summed E-state index contributed by atoms with van der Waals surface area (Å²) in [4.78, 5) is 4.36. The largest absolute Gasteiger partial charge is 0.332 e. The van der Waals surface area contributed by atoms with Gasteiger partial charge in [-0.05, 0) is 26.3 Å². The maximum Gasteiger partial charge on any atom is 0.108 e. The van der Waals surface area contributed by atoms with Crippen molar-refractivity contribution in [2.24, 2.45) is 0 Å². The number of nitrogens with zero attached hydrogens (tertiary/aromatic N) is 2. The normalized spacial score (nSPS) is 13.3. The Labute approximate surface area is 99.3 Å². The van der Waals surface area contributed by atoms with Crippen LogP contribution in [0.2, 0.25) is 0 Å². The van der Waals surface area contributed by atoms with Gasteiger partial charge in [0.05, 0.1) is 0 Å². The second-order valence-corrected chi connectivity index (χ2v) is 4.70. The van der Waals surface area contributed by atoms with Gasteiger partial charge in [-0.15, -0.1) is 0 Å². The lowest BCUT2D eigenvalue weighted by Crippen LogP contribution is -2.24. The molecular weight excluding hydrogens is 198 g/mol. The van der Waals surface area contributed by atoms with E-state index in [0.29, 0.717) is 12.1 Å². The van der Waals surface area contributed by atoms with Gasteiger partial charge in [0.1, 0.15) is 5.82 Å². The van der Waals surface area contributed by atoms with E-state index in [0.717, 1.165) is 13.0 Å². The van der Waals surface area contributed by atoms with E-state index >= 15 is 0 Å². The van der Waals surface area contributed by atoms with Crippen LogP contribution in [0.15, 0.2) is 12.4 Å². The summed E-state index contributed by atoms with van der Waals surface area (Å²) in [7, 11) is 0. The number of aromatic nitrogens is 2. The molecule has 1 atom stereocenters. The molecule has 0 aromatic carbocycles. The van der Waals surface area contributed by atoms with E-state index in [1.807, 2.05) is 6.20 Å². The fourth-order valence-electron chi connectivity index (χ4n) is 1.95. The molecule has 1 aromatic heterocycles. The maximum absolute atomic E-state index is 4.36. The predicted octanol–water partition coefficient (Wildman–Crippen LogP) is 2.78. The van der Waals surface area contributed by atoms with Gasteiger partial charge in [-0.2, -0.15) is 0 Å². The van der Waals surface area contributed by atoms with Gasteiger partial charge >= 0.3 is 0 Å². The van der Waals surface area contributed by atoms with E-state index in [1.54, 1.807) is 0 Å². The maximum atomic E-state index is 4.36. The van der Waals surface area contributed by atoms with Crippen LogP contribution in [-0.4, -0.2) is 22.1 Å². The minimum atomic E-state index is 0.561. The lowest BCUT2D eigenvalue weighted by Gasteiger charge is -2.16. The smallest absolute Gasteiger partial charge is 0.108 e. The molecule has 0 fully saturated rings. The first-order valence-corrected chi connectivity index (χ1v) is 6.40. The van der Waals surface area contributed by atoms with Crippen LogP contribution in [0.1, 0.15) is 52.4 Å². The molecule has 16 heavy (non-hydrogen) atoms. The summed E-state index contributed by atoms with van der Waals surface area (Å²) in [6.45, 7) is 9.92. The van der Waals surface area contributed by atoms with Gasteiger partial charge in [0.25, 0.3) is 0 Å². The van der Waals surface area contributed by atoms with Crippen molar-refractivity contribution in [3.8, 4) is 0 Å². The summed E-state index contributed by atoms with van der Waals surface area (Å²) >= 11 is 0. The topological polar surface area (TPSA) is 29.9 Å². The average Bonchev–Trinajstić information content (AvgIpc) is 2.71. The number of imidazole rings is 1. The van der Waals surface area contributed by atoms with Crippen LogP contribution in [0, 0.1) is 0 Å². The fourth-order valence-corrected chi connectivity index (χ4v) is 1.95. The van der Waals surface area contributed by atoms with Gasteiger partial charge in [-0.25, -0.2) is 4.98 Å². The summed E-state index contributed by atoms with van der Waals surface area (Å²) < 4.78 is 2.30. The highest BCUT2D eigenvalue weighted by molar-refractivity contribution is 4.94. The Hall–Kier alpha value is -0.830. The van der Waals surface area contributed by atoms with Crippen molar-refractivity contribution >= 4 is 0 Å². The standard InChI is InChI=1S/C13H25N3/c1-5-13-15-9-10-16(13)12(4)7-6-8-14-11(2)3/h9-12,14H,5-8H2,1-4H3. The predicted molar refractivity (Wildman–Crippen MR) is 68.7 cm³/mol. The highest BCUT2D eigenvalue weighted by Gasteiger charge is 2.07. The Kier molecular flexibility index (Phi) is 5.53. The quantitative estimate of drug-likeness (QED) is 0.720. The molecule has 1 heterocycles. The van der Waals surface area contributed by atoms with Crippen molar-refractivity contribution in [3.05, 3.63) is 18.2 Å². The Bertz CT molecular complexity index is 291. The Morgan fingerprint density at radius 1 is 1.38 bits per heavy atom. The molecule has 0 saturated heterocycles. The van der Waals surface area contributed by atoms with Crippen LogP contribution in [0.25, 0.3) is 0 Å². The number of aryl methyl sites for hydroxylation is 1. The first kappa shape index (κ1) is 13.2. The second kappa shape index (κ2) is 6.69. The molecule has 3 heteroatoms. The molecule has 0 amide bonds. The zero-order valence-electron chi connectivity index (χ0n) is 11.0. The van der Waals surface area contributed by atoms with Gasteiger partial charge in [-0.1, -0.05) is 20.8 Å². The Morgan fingerprint density at radius 3 is 2.75 bits per heavy atom. The third-order valence-electron chi connectivity index (χ3n) is 2.89. The molecule has 0 aliphatic heterocycles. The van der Waals surface area contributed by atoms with E-state index in [9.17, 15) is 0 Å². The number of hydrogen-bond acceptors (Lipinski definition) is 2. The molecule has 0 bridgehead atoms. The van der Waals surface area contributed by atoms with Gasteiger partial charge in [0, 0.05) is 30.9 Å².